The van der Waals surface area contributed by atoms with Crippen LogP contribution in [0, 0.1) is 5.82 Å². The fraction of sp³-hybridized carbons (Fsp3) is 0.200. The van der Waals surface area contributed by atoms with Gasteiger partial charge in [-0.25, -0.2) is 9.37 Å². The molecule has 0 bridgehead atoms. The SMILES string of the molecule is CC(C)Oc1ccc(C(=O)Nc2ccccc2F)nc1. The fourth-order valence-electron chi connectivity index (χ4n) is 1.61. The van der Waals surface area contributed by atoms with Crippen molar-refractivity contribution in [3.8, 4) is 5.75 Å². The van der Waals surface area contributed by atoms with Crippen LogP contribution < -0.4 is 10.1 Å². The number of hydrogen-bond acceptors (Lipinski definition) is 3. The second-order valence-corrected chi connectivity index (χ2v) is 4.48. The average molecular weight is 274 g/mol. The minimum absolute atomic E-state index is 0.0369. The second kappa shape index (κ2) is 6.14. The Hall–Kier alpha value is -2.43. The van der Waals surface area contributed by atoms with Crippen molar-refractivity contribution in [2.24, 2.45) is 0 Å². The van der Waals surface area contributed by atoms with E-state index in [2.05, 4.69) is 10.3 Å². The number of aromatic nitrogens is 1. The van der Waals surface area contributed by atoms with E-state index < -0.39 is 11.7 Å². The van der Waals surface area contributed by atoms with Crippen molar-refractivity contribution < 1.29 is 13.9 Å². The number of benzene rings is 1. The number of hydrogen-bond donors (Lipinski definition) is 1. The molecule has 5 heteroatoms. The standard InChI is InChI=1S/C15H15FN2O2/c1-10(2)20-11-7-8-14(17-9-11)15(19)18-13-6-4-3-5-12(13)16/h3-10H,1-2H3,(H,18,19). The van der Waals surface area contributed by atoms with Crippen molar-refractivity contribution in [1.29, 1.82) is 0 Å². The van der Waals surface area contributed by atoms with Gasteiger partial charge in [-0.15, -0.1) is 0 Å². The molecule has 1 amide bonds. The van der Waals surface area contributed by atoms with Gasteiger partial charge < -0.3 is 10.1 Å². The van der Waals surface area contributed by atoms with Crippen molar-refractivity contribution in [3.05, 3.63) is 54.1 Å². The molecule has 0 aliphatic heterocycles. The number of pyridine rings is 1. The molecule has 0 spiro atoms. The van der Waals surface area contributed by atoms with Crippen molar-refractivity contribution in [1.82, 2.24) is 4.98 Å². The largest absolute Gasteiger partial charge is 0.489 e. The van der Waals surface area contributed by atoms with Gasteiger partial charge in [0.15, 0.2) is 0 Å². The van der Waals surface area contributed by atoms with Crippen LogP contribution in [0.25, 0.3) is 0 Å². The monoisotopic (exact) mass is 274 g/mol. The first kappa shape index (κ1) is 14.0. The lowest BCUT2D eigenvalue weighted by Crippen LogP contribution is -2.14. The Morgan fingerprint density at radius 2 is 2.00 bits per heavy atom. The number of rotatable bonds is 4. The third kappa shape index (κ3) is 3.54. The molecule has 0 fully saturated rings. The van der Waals surface area contributed by atoms with E-state index in [1.165, 1.54) is 24.4 Å². The zero-order chi connectivity index (χ0) is 14.5. The molecule has 1 aromatic heterocycles. The van der Waals surface area contributed by atoms with E-state index in [1.54, 1.807) is 18.2 Å². The van der Waals surface area contributed by atoms with E-state index in [1.807, 2.05) is 13.8 Å². The molecule has 2 rings (SSSR count). The smallest absolute Gasteiger partial charge is 0.274 e. The maximum Gasteiger partial charge on any atom is 0.274 e. The molecule has 4 nitrogen and oxygen atoms in total. The van der Waals surface area contributed by atoms with Gasteiger partial charge in [-0.2, -0.15) is 0 Å². The van der Waals surface area contributed by atoms with E-state index in [0.717, 1.165) is 0 Å². The summed E-state index contributed by atoms with van der Waals surface area (Å²) in [5.41, 5.74) is 0.325. The lowest BCUT2D eigenvalue weighted by Gasteiger charge is -2.09. The maximum absolute atomic E-state index is 13.4. The van der Waals surface area contributed by atoms with Gasteiger partial charge in [0.25, 0.3) is 5.91 Å². The van der Waals surface area contributed by atoms with Gasteiger partial charge in [0.05, 0.1) is 18.0 Å². The highest BCUT2D eigenvalue weighted by atomic mass is 19.1. The van der Waals surface area contributed by atoms with Crippen LogP contribution >= 0.6 is 0 Å². The van der Waals surface area contributed by atoms with Crippen LogP contribution in [0.1, 0.15) is 24.3 Å². The van der Waals surface area contributed by atoms with Gasteiger partial charge in [0.1, 0.15) is 17.3 Å². The van der Waals surface area contributed by atoms with Crippen molar-refractivity contribution in [2.75, 3.05) is 5.32 Å². The van der Waals surface area contributed by atoms with Crippen LogP contribution in [-0.2, 0) is 0 Å². The predicted molar refractivity (Wildman–Crippen MR) is 74.4 cm³/mol. The van der Waals surface area contributed by atoms with Crippen LogP contribution in [0.4, 0.5) is 10.1 Å². The van der Waals surface area contributed by atoms with E-state index in [9.17, 15) is 9.18 Å². The molecule has 104 valence electrons. The number of ether oxygens (including phenoxy) is 1. The van der Waals surface area contributed by atoms with E-state index >= 15 is 0 Å². The summed E-state index contributed by atoms with van der Waals surface area (Å²) >= 11 is 0. The topological polar surface area (TPSA) is 51.2 Å². The molecular formula is C15H15FN2O2. The second-order valence-electron chi connectivity index (χ2n) is 4.48. The molecule has 0 atom stereocenters. The first-order valence-electron chi connectivity index (χ1n) is 6.25. The Kier molecular flexibility index (Phi) is 4.30. The highest BCUT2D eigenvalue weighted by molar-refractivity contribution is 6.02. The van der Waals surface area contributed by atoms with Gasteiger partial charge in [0, 0.05) is 0 Å². The lowest BCUT2D eigenvalue weighted by atomic mass is 10.2. The molecule has 0 saturated carbocycles. The lowest BCUT2D eigenvalue weighted by molar-refractivity contribution is 0.102. The molecule has 0 aliphatic carbocycles. The van der Waals surface area contributed by atoms with Gasteiger partial charge in [-0.3, -0.25) is 4.79 Å². The van der Waals surface area contributed by atoms with Gasteiger partial charge in [-0.1, -0.05) is 12.1 Å². The first-order chi connectivity index (χ1) is 9.56. The molecule has 1 heterocycles. The number of nitrogens with zero attached hydrogens (tertiary/aromatic N) is 1. The Morgan fingerprint density at radius 3 is 2.60 bits per heavy atom. The number of amides is 1. The normalized spacial score (nSPS) is 10.4. The molecule has 1 N–H and O–H groups in total. The minimum atomic E-state index is -0.486. The molecule has 0 aliphatic rings. The molecular weight excluding hydrogens is 259 g/mol. The summed E-state index contributed by atoms with van der Waals surface area (Å²) < 4.78 is 18.9. The maximum atomic E-state index is 13.4. The third-order valence-electron chi connectivity index (χ3n) is 2.46. The quantitative estimate of drug-likeness (QED) is 0.931. The van der Waals surface area contributed by atoms with E-state index in [4.69, 9.17) is 4.74 Å². The summed E-state index contributed by atoms with van der Waals surface area (Å²) in [5, 5.41) is 2.47. The Morgan fingerprint density at radius 1 is 1.25 bits per heavy atom. The zero-order valence-electron chi connectivity index (χ0n) is 11.3. The van der Waals surface area contributed by atoms with Gasteiger partial charge >= 0.3 is 0 Å². The number of nitrogens with one attached hydrogen (secondary N) is 1. The van der Waals surface area contributed by atoms with Crippen molar-refractivity contribution in [2.45, 2.75) is 20.0 Å². The van der Waals surface area contributed by atoms with Crippen LogP contribution in [0.3, 0.4) is 0 Å². The molecule has 2 aromatic rings. The summed E-state index contributed by atoms with van der Waals surface area (Å²) in [5.74, 6) is -0.366. The van der Waals surface area contributed by atoms with Crippen LogP contribution in [0.5, 0.6) is 5.75 Å². The van der Waals surface area contributed by atoms with Gasteiger partial charge in [0.2, 0.25) is 0 Å². The summed E-state index contributed by atoms with van der Waals surface area (Å²) in [7, 11) is 0. The van der Waals surface area contributed by atoms with E-state index in [-0.39, 0.29) is 17.5 Å². The van der Waals surface area contributed by atoms with Crippen molar-refractivity contribution >= 4 is 11.6 Å². The summed E-state index contributed by atoms with van der Waals surface area (Å²) in [6.07, 6.45) is 1.51. The summed E-state index contributed by atoms with van der Waals surface area (Å²) in [6.45, 7) is 3.80. The number of para-hydroxylation sites is 1. The zero-order valence-corrected chi connectivity index (χ0v) is 11.3. The Balaban J connectivity index is 2.08. The van der Waals surface area contributed by atoms with Gasteiger partial charge in [-0.05, 0) is 38.1 Å². The molecule has 0 radical (unpaired) electrons. The Labute approximate surface area is 116 Å². The van der Waals surface area contributed by atoms with Crippen LogP contribution in [-0.4, -0.2) is 17.0 Å². The number of anilines is 1. The molecule has 0 saturated heterocycles. The third-order valence-corrected chi connectivity index (χ3v) is 2.46. The summed E-state index contributed by atoms with van der Waals surface area (Å²) in [6, 6.07) is 9.16. The number of carbonyl (C=O) groups excluding carboxylic acids is 1. The molecule has 0 unspecified atom stereocenters. The number of halogens is 1. The van der Waals surface area contributed by atoms with Crippen molar-refractivity contribution in [3.63, 3.8) is 0 Å². The highest BCUT2D eigenvalue weighted by Gasteiger charge is 2.10. The summed E-state index contributed by atoms with van der Waals surface area (Å²) in [4.78, 5) is 15.9. The van der Waals surface area contributed by atoms with E-state index in [0.29, 0.717) is 5.75 Å². The molecule has 1 aromatic carbocycles. The van der Waals surface area contributed by atoms with Crippen LogP contribution in [0.15, 0.2) is 42.6 Å². The predicted octanol–water partition coefficient (Wildman–Crippen LogP) is 3.26. The first-order valence-corrected chi connectivity index (χ1v) is 6.25. The fourth-order valence-corrected chi connectivity index (χ4v) is 1.61. The minimum Gasteiger partial charge on any atom is -0.489 e. The molecule has 20 heavy (non-hydrogen) atoms. The Bertz CT molecular complexity index is 597. The number of carbonyl (C=O) groups is 1. The highest BCUT2D eigenvalue weighted by Crippen LogP contribution is 2.15. The van der Waals surface area contributed by atoms with Crippen LogP contribution in [0.2, 0.25) is 0 Å². The average Bonchev–Trinajstić information content (AvgIpc) is 2.41.